The van der Waals surface area contributed by atoms with E-state index in [0.717, 1.165) is 22.0 Å². The molecule has 1 unspecified atom stereocenters. The molecular weight excluding hydrogens is 346 g/mol. The van der Waals surface area contributed by atoms with Crippen LogP contribution in [-0.4, -0.2) is 23.6 Å². The zero-order valence-corrected chi connectivity index (χ0v) is 13.7. The first-order valence-corrected chi connectivity index (χ1v) is 7.38. The molecule has 0 aliphatic heterocycles. The summed E-state index contributed by atoms with van der Waals surface area (Å²) in [5.74, 6) is 0.974. The number of aromatic hydroxyl groups is 1. The maximum absolute atomic E-state index is 9.64. The Kier molecular flexibility index (Phi) is 5.97. The van der Waals surface area contributed by atoms with Crippen molar-refractivity contribution in [3.63, 3.8) is 0 Å². The fourth-order valence-corrected chi connectivity index (χ4v) is 3.03. The van der Waals surface area contributed by atoms with Crippen molar-refractivity contribution in [3.8, 4) is 5.75 Å². The Morgan fingerprint density at radius 3 is 2.29 bits per heavy atom. The van der Waals surface area contributed by atoms with Gasteiger partial charge in [0.15, 0.2) is 0 Å². The zero-order chi connectivity index (χ0) is 13.0. The van der Waals surface area contributed by atoms with Crippen molar-refractivity contribution in [2.75, 3.05) is 13.6 Å². The van der Waals surface area contributed by atoms with Gasteiger partial charge < -0.3 is 10.0 Å². The van der Waals surface area contributed by atoms with Crippen LogP contribution < -0.4 is 0 Å². The molecule has 4 heteroatoms. The van der Waals surface area contributed by atoms with E-state index in [0.29, 0.717) is 5.92 Å². The second-order valence-corrected chi connectivity index (χ2v) is 6.33. The Balaban J connectivity index is 2.69. The van der Waals surface area contributed by atoms with Crippen LogP contribution in [0.2, 0.25) is 0 Å². The van der Waals surface area contributed by atoms with Gasteiger partial charge in [0.2, 0.25) is 0 Å². The molecule has 96 valence electrons. The molecule has 0 bridgehead atoms. The Hall–Kier alpha value is -0.0600. The summed E-state index contributed by atoms with van der Waals surface area (Å²) < 4.78 is 1.47. The van der Waals surface area contributed by atoms with E-state index < -0.39 is 0 Å². The molecule has 2 nitrogen and oxygen atoms in total. The lowest BCUT2D eigenvalue weighted by Gasteiger charge is -2.20. The van der Waals surface area contributed by atoms with Crippen LogP contribution in [0.1, 0.15) is 25.8 Å². The van der Waals surface area contributed by atoms with E-state index in [1.165, 1.54) is 12.0 Å². The summed E-state index contributed by atoms with van der Waals surface area (Å²) in [6, 6.07) is 3.93. The molecule has 1 rings (SSSR count). The van der Waals surface area contributed by atoms with Crippen molar-refractivity contribution >= 4 is 31.9 Å². The first kappa shape index (κ1) is 15.0. The molecule has 0 heterocycles. The minimum Gasteiger partial charge on any atom is -0.506 e. The Labute approximate surface area is 120 Å². The highest BCUT2D eigenvalue weighted by Gasteiger charge is 2.09. The van der Waals surface area contributed by atoms with Crippen LogP contribution in [0, 0.1) is 5.92 Å². The largest absolute Gasteiger partial charge is 0.506 e. The van der Waals surface area contributed by atoms with Gasteiger partial charge in [-0.1, -0.05) is 20.3 Å². The van der Waals surface area contributed by atoms with E-state index in [1.54, 1.807) is 0 Å². The quantitative estimate of drug-likeness (QED) is 0.837. The van der Waals surface area contributed by atoms with Gasteiger partial charge in [-0.3, -0.25) is 0 Å². The molecule has 0 saturated carbocycles. The lowest BCUT2D eigenvalue weighted by Crippen LogP contribution is -2.23. The van der Waals surface area contributed by atoms with Gasteiger partial charge in [0.1, 0.15) is 5.75 Å². The molecule has 0 spiro atoms. The third kappa shape index (κ3) is 4.60. The molecule has 1 aromatic carbocycles. The van der Waals surface area contributed by atoms with E-state index in [9.17, 15) is 5.11 Å². The molecule has 0 aliphatic rings. The minimum absolute atomic E-state index is 0.262. The smallest absolute Gasteiger partial charge is 0.143 e. The summed E-state index contributed by atoms with van der Waals surface area (Å²) in [6.45, 7) is 6.46. The van der Waals surface area contributed by atoms with Crippen molar-refractivity contribution in [2.45, 2.75) is 26.8 Å². The van der Waals surface area contributed by atoms with Crippen LogP contribution in [-0.2, 0) is 6.54 Å². The molecule has 0 radical (unpaired) electrons. The molecule has 1 aromatic rings. The number of halogens is 2. The molecule has 0 aromatic heterocycles. The number of rotatable bonds is 5. The average molecular weight is 365 g/mol. The summed E-state index contributed by atoms with van der Waals surface area (Å²) in [6.07, 6.45) is 1.20. The van der Waals surface area contributed by atoms with Gasteiger partial charge >= 0.3 is 0 Å². The van der Waals surface area contributed by atoms with Gasteiger partial charge in [0, 0.05) is 13.1 Å². The third-order valence-corrected chi connectivity index (χ3v) is 4.06. The van der Waals surface area contributed by atoms with Gasteiger partial charge in [-0.2, -0.15) is 0 Å². The summed E-state index contributed by atoms with van der Waals surface area (Å²) in [5.41, 5.74) is 1.19. The third-order valence-electron chi connectivity index (χ3n) is 2.85. The Bertz CT molecular complexity index is 359. The molecule has 1 atom stereocenters. The number of phenols is 1. The van der Waals surface area contributed by atoms with Crippen LogP contribution >= 0.6 is 31.9 Å². The van der Waals surface area contributed by atoms with Gasteiger partial charge in [0.25, 0.3) is 0 Å². The Morgan fingerprint density at radius 2 is 1.82 bits per heavy atom. The van der Waals surface area contributed by atoms with Gasteiger partial charge in [-0.15, -0.1) is 0 Å². The van der Waals surface area contributed by atoms with Crippen molar-refractivity contribution < 1.29 is 5.11 Å². The number of hydrogen-bond acceptors (Lipinski definition) is 2. The zero-order valence-electron chi connectivity index (χ0n) is 10.5. The highest BCUT2D eigenvalue weighted by molar-refractivity contribution is 9.11. The first-order valence-electron chi connectivity index (χ1n) is 5.79. The van der Waals surface area contributed by atoms with E-state index in [-0.39, 0.29) is 5.75 Å². The van der Waals surface area contributed by atoms with Crippen LogP contribution in [0.3, 0.4) is 0 Å². The van der Waals surface area contributed by atoms with Crippen molar-refractivity contribution in [1.82, 2.24) is 4.90 Å². The monoisotopic (exact) mass is 363 g/mol. The molecule has 0 amide bonds. The SMILES string of the molecule is CCC(C)CN(C)Cc1cc(Br)c(O)c(Br)c1. The molecule has 0 saturated heterocycles. The standard InChI is InChI=1S/C13H19Br2NO/c1-4-9(2)7-16(3)8-10-5-11(14)13(17)12(15)6-10/h5-6,9,17H,4,7-8H2,1-3H3. The molecular formula is C13H19Br2NO. The van der Waals surface area contributed by atoms with Crippen LogP contribution in [0.25, 0.3) is 0 Å². The van der Waals surface area contributed by atoms with Gasteiger partial charge in [-0.05, 0) is 62.5 Å². The van der Waals surface area contributed by atoms with E-state index in [2.05, 4.69) is 57.7 Å². The van der Waals surface area contributed by atoms with Crippen LogP contribution in [0.15, 0.2) is 21.1 Å². The summed E-state index contributed by atoms with van der Waals surface area (Å²) in [7, 11) is 2.13. The summed E-state index contributed by atoms with van der Waals surface area (Å²) in [5, 5.41) is 9.64. The van der Waals surface area contributed by atoms with Crippen LogP contribution in [0.4, 0.5) is 0 Å². The highest BCUT2D eigenvalue weighted by atomic mass is 79.9. The van der Waals surface area contributed by atoms with Crippen LogP contribution in [0.5, 0.6) is 5.75 Å². The molecule has 1 N–H and O–H groups in total. The molecule has 17 heavy (non-hydrogen) atoms. The number of benzene rings is 1. The van der Waals surface area contributed by atoms with Crippen molar-refractivity contribution in [3.05, 3.63) is 26.6 Å². The second-order valence-electron chi connectivity index (χ2n) is 4.62. The molecule has 0 aliphatic carbocycles. The number of phenolic OH excluding ortho intramolecular Hbond substituents is 1. The fraction of sp³-hybridized carbons (Fsp3) is 0.538. The maximum Gasteiger partial charge on any atom is 0.143 e. The van der Waals surface area contributed by atoms with Crippen molar-refractivity contribution in [1.29, 1.82) is 0 Å². The van der Waals surface area contributed by atoms with E-state index >= 15 is 0 Å². The topological polar surface area (TPSA) is 23.5 Å². The predicted molar refractivity (Wildman–Crippen MR) is 79.3 cm³/mol. The second kappa shape index (κ2) is 6.76. The van der Waals surface area contributed by atoms with Crippen molar-refractivity contribution in [2.24, 2.45) is 5.92 Å². The Morgan fingerprint density at radius 1 is 1.29 bits per heavy atom. The lowest BCUT2D eigenvalue weighted by molar-refractivity contribution is 0.275. The molecule has 0 fully saturated rings. The number of nitrogens with zero attached hydrogens (tertiary/aromatic N) is 1. The maximum atomic E-state index is 9.64. The number of hydrogen-bond donors (Lipinski definition) is 1. The fourth-order valence-electron chi connectivity index (χ4n) is 1.75. The van der Waals surface area contributed by atoms with Gasteiger partial charge in [0.05, 0.1) is 8.95 Å². The van der Waals surface area contributed by atoms with E-state index in [1.807, 2.05) is 12.1 Å². The summed E-state index contributed by atoms with van der Waals surface area (Å²) in [4.78, 5) is 2.30. The summed E-state index contributed by atoms with van der Waals surface area (Å²) >= 11 is 6.71. The highest BCUT2D eigenvalue weighted by Crippen LogP contribution is 2.33. The normalized spacial score (nSPS) is 13.1. The van der Waals surface area contributed by atoms with E-state index in [4.69, 9.17) is 0 Å². The minimum atomic E-state index is 0.262. The average Bonchev–Trinajstić information content (AvgIpc) is 2.25. The van der Waals surface area contributed by atoms with Gasteiger partial charge in [-0.25, -0.2) is 0 Å². The predicted octanol–water partition coefficient (Wildman–Crippen LogP) is 4.40. The lowest BCUT2D eigenvalue weighted by atomic mass is 10.1. The first-order chi connectivity index (χ1) is 7.93.